The van der Waals surface area contributed by atoms with Gasteiger partial charge in [-0.1, -0.05) is 13.8 Å². The van der Waals surface area contributed by atoms with Crippen LogP contribution in [-0.4, -0.2) is 60.7 Å². The number of benzene rings is 1. The van der Waals surface area contributed by atoms with Gasteiger partial charge >= 0.3 is 0 Å². The van der Waals surface area contributed by atoms with E-state index in [1.165, 1.54) is 0 Å². The van der Waals surface area contributed by atoms with Crippen LogP contribution in [0.4, 0.5) is 5.69 Å². The van der Waals surface area contributed by atoms with Crippen molar-refractivity contribution >= 4 is 23.4 Å². The summed E-state index contributed by atoms with van der Waals surface area (Å²) in [4.78, 5) is 42.8. The molecule has 0 saturated carbocycles. The number of likely N-dealkylation sites (N-methyl/N-ethyl adjacent to an activating group) is 1. The van der Waals surface area contributed by atoms with Gasteiger partial charge in [0.05, 0.1) is 6.42 Å². The SMILES string of the molecule is CCC(CC)C(=O)N1CCCN(C(=O)c2ccc3c(c2)CC(=O)N3C)CC1. The van der Waals surface area contributed by atoms with Crippen LogP contribution in [0.15, 0.2) is 18.2 Å². The summed E-state index contributed by atoms with van der Waals surface area (Å²) in [5.74, 6) is 0.337. The van der Waals surface area contributed by atoms with E-state index in [2.05, 4.69) is 13.8 Å². The van der Waals surface area contributed by atoms with Gasteiger partial charge in [-0.3, -0.25) is 14.4 Å². The van der Waals surface area contributed by atoms with E-state index in [9.17, 15) is 14.4 Å². The molecule has 0 N–H and O–H groups in total. The fraction of sp³-hybridized carbons (Fsp3) is 0.571. The quantitative estimate of drug-likeness (QED) is 0.816. The summed E-state index contributed by atoms with van der Waals surface area (Å²) in [6.45, 7) is 6.61. The average molecular weight is 371 g/mol. The third kappa shape index (κ3) is 3.84. The first kappa shape index (κ1) is 19.4. The molecule has 0 atom stereocenters. The standard InChI is InChI=1S/C21H29N3O3/c1-4-15(5-2)20(26)23-9-6-10-24(12-11-23)21(27)16-7-8-18-17(13-16)14-19(25)22(18)3/h7-8,13,15H,4-6,9-12,14H2,1-3H3. The number of carbonyl (C=O) groups excluding carboxylic acids is 3. The molecule has 6 nitrogen and oxygen atoms in total. The summed E-state index contributed by atoms with van der Waals surface area (Å²) in [6.07, 6.45) is 2.86. The Labute approximate surface area is 161 Å². The van der Waals surface area contributed by atoms with Crippen molar-refractivity contribution in [1.82, 2.24) is 9.80 Å². The molecule has 27 heavy (non-hydrogen) atoms. The summed E-state index contributed by atoms with van der Waals surface area (Å²) in [7, 11) is 1.76. The second kappa shape index (κ2) is 8.11. The van der Waals surface area contributed by atoms with Gasteiger partial charge in [-0.05, 0) is 43.0 Å². The first-order valence-corrected chi connectivity index (χ1v) is 9.93. The van der Waals surface area contributed by atoms with Crippen molar-refractivity contribution in [2.45, 2.75) is 39.5 Å². The minimum atomic E-state index is -0.0170. The third-order valence-corrected chi connectivity index (χ3v) is 5.83. The molecule has 146 valence electrons. The molecular weight excluding hydrogens is 342 g/mol. The lowest BCUT2D eigenvalue weighted by molar-refractivity contribution is -0.135. The van der Waals surface area contributed by atoms with Gasteiger partial charge in [0.25, 0.3) is 5.91 Å². The zero-order chi connectivity index (χ0) is 19.6. The summed E-state index contributed by atoms with van der Waals surface area (Å²) in [5.41, 5.74) is 2.42. The Morgan fingerprint density at radius 1 is 1.04 bits per heavy atom. The molecule has 0 unspecified atom stereocenters. The van der Waals surface area contributed by atoms with Gasteiger partial charge in [0.15, 0.2) is 0 Å². The zero-order valence-electron chi connectivity index (χ0n) is 16.5. The maximum absolute atomic E-state index is 13.0. The van der Waals surface area contributed by atoms with Gasteiger partial charge in [0, 0.05) is 50.4 Å². The van der Waals surface area contributed by atoms with Crippen molar-refractivity contribution in [3.05, 3.63) is 29.3 Å². The summed E-state index contributed by atoms with van der Waals surface area (Å²) >= 11 is 0. The van der Waals surface area contributed by atoms with E-state index in [-0.39, 0.29) is 23.6 Å². The largest absolute Gasteiger partial charge is 0.341 e. The van der Waals surface area contributed by atoms with Crippen molar-refractivity contribution < 1.29 is 14.4 Å². The predicted molar refractivity (Wildman–Crippen MR) is 105 cm³/mol. The topological polar surface area (TPSA) is 60.9 Å². The van der Waals surface area contributed by atoms with Gasteiger partial charge in [-0.2, -0.15) is 0 Å². The van der Waals surface area contributed by atoms with Crippen molar-refractivity contribution in [3.63, 3.8) is 0 Å². The number of anilines is 1. The van der Waals surface area contributed by atoms with E-state index in [0.717, 1.165) is 30.5 Å². The highest BCUT2D eigenvalue weighted by Crippen LogP contribution is 2.28. The molecule has 1 saturated heterocycles. The first-order chi connectivity index (χ1) is 13.0. The molecule has 2 aliphatic heterocycles. The van der Waals surface area contributed by atoms with Crippen molar-refractivity contribution in [1.29, 1.82) is 0 Å². The molecule has 2 aliphatic rings. The molecule has 0 spiro atoms. The Balaban J connectivity index is 1.68. The Hall–Kier alpha value is -2.37. The van der Waals surface area contributed by atoms with E-state index in [1.807, 2.05) is 21.9 Å². The van der Waals surface area contributed by atoms with Crippen LogP contribution in [0.2, 0.25) is 0 Å². The second-order valence-electron chi connectivity index (χ2n) is 7.46. The van der Waals surface area contributed by atoms with Crippen molar-refractivity contribution in [2.24, 2.45) is 5.92 Å². The Kier molecular flexibility index (Phi) is 5.82. The van der Waals surface area contributed by atoms with E-state index in [4.69, 9.17) is 0 Å². The second-order valence-corrected chi connectivity index (χ2v) is 7.46. The van der Waals surface area contributed by atoms with E-state index < -0.39 is 0 Å². The molecule has 3 amide bonds. The molecule has 1 aromatic rings. The smallest absolute Gasteiger partial charge is 0.253 e. The van der Waals surface area contributed by atoms with Crippen LogP contribution in [-0.2, 0) is 16.0 Å². The lowest BCUT2D eigenvalue weighted by Gasteiger charge is -2.25. The third-order valence-electron chi connectivity index (χ3n) is 5.83. The van der Waals surface area contributed by atoms with Gasteiger partial charge in [-0.15, -0.1) is 0 Å². The van der Waals surface area contributed by atoms with Crippen LogP contribution < -0.4 is 4.90 Å². The molecule has 2 heterocycles. The number of fused-ring (bicyclic) bond motifs is 1. The zero-order valence-corrected chi connectivity index (χ0v) is 16.5. The van der Waals surface area contributed by atoms with Gasteiger partial charge in [0.2, 0.25) is 11.8 Å². The van der Waals surface area contributed by atoms with Crippen LogP contribution in [0.1, 0.15) is 49.0 Å². The van der Waals surface area contributed by atoms with Gasteiger partial charge in [0.1, 0.15) is 0 Å². The van der Waals surface area contributed by atoms with Gasteiger partial charge in [-0.25, -0.2) is 0 Å². The number of nitrogens with zero attached hydrogens (tertiary/aromatic N) is 3. The maximum Gasteiger partial charge on any atom is 0.253 e. The molecular formula is C21H29N3O3. The lowest BCUT2D eigenvalue weighted by Crippen LogP contribution is -2.39. The molecule has 0 bridgehead atoms. The maximum atomic E-state index is 13.0. The Morgan fingerprint density at radius 2 is 1.70 bits per heavy atom. The van der Waals surface area contributed by atoms with Crippen LogP contribution in [0.3, 0.4) is 0 Å². The fourth-order valence-electron chi connectivity index (χ4n) is 4.02. The molecule has 0 aliphatic carbocycles. The highest BCUT2D eigenvalue weighted by Gasteiger charge is 2.28. The Morgan fingerprint density at radius 3 is 2.41 bits per heavy atom. The fourth-order valence-corrected chi connectivity index (χ4v) is 4.02. The van der Waals surface area contributed by atoms with E-state index >= 15 is 0 Å². The molecule has 0 aromatic heterocycles. The minimum absolute atomic E-state index is 0.0170. The van der Waals surface area contributed by atoms with Gasteiger partial charge < -0.3 is 14.7 Å². The van der Waals surface area contributed by atoms with Crippen LogP contribution in [0.25, 0.3) is 0 Å². The van der Waals surface area contributed by atoms with Crippen molar-refractivity contribution in [3.8, 4) is 0 Å². The minimum Gasteiger partial charge on any atom is -0.341 e. The Bertz CT molecular complexity index is 742. The number of amides is 3. The van der Waals surface area contributed by atoms with Crippen molar-refractivity contribution in [2.75, 3.05) is 38.1 Å². The highest BCUT2D eigenvalue weighted by molar-refractivity contribution is 6.03. The summed E-state index contributed by atoms with van der Waals surface area (Å²) < 4.78 is 0. The van der Waals surface area contributed by atoms with Crippen LogP contribution in [0.5, 0.6) is 0 Å². The normalized spacial score (nSPS) is 17.3. The highest BCUT2D eigenvalue weighted by atomic mass is 16.2. The summed E-state index contributed by atoms with van der Waals surface area (Å²) in [6, 6.07) is 5.50. The molecule has 1 fully saturated rings. The lowest BCUT2D eigenvalue weighted by atomic mass is 10.0. The predicted octanol–water partition coefficient (Wildman–Crippen LogP) is 2.32. The average Bonchev–Trinajstić information content (AvgIpc) is 2.85. The molecule has 1 aromatic carbocycles. The van der Waals surface area contributed by atoms with E-state index in [1.54, 1.807) is 18.0 Å². The summed E-state index contributed by atoms with van der Waals surface area (Å²) in [5, 5.41) is 0. The number of rotatable bonds is 4. The molecule has 6 heteroatoms. The number of hydrogen-bond acceptors (Lipinski definition) is 3. The first-order valence-electron chi connectivity index (χ1n) is 9.93. The number of hydrogen-bond donors (Lipinski definition) is 0. The van der Waals surface area contributed by atoms with E-state index in [0.29, 0.717) is 38.2 Å². The number of carbonyl (C=O) groups is 3. The monoisotopic (exact) mass is 371 g/mol. The van der Waals surface area contributed by atoms with Crippen LogP contribution >= 0.6 is 0 Å². The molecule has 0 radical (unpaired) electrons. The molecule has 3 rings (SSSR count). The van der Waals surface area contributed by atoms with Crippen LogP contribution in [0, 0.1) is 5.92 Å².